The van der Waals surface area contributed by atoms with Gasteiger partial charge in [0.05, 0.1) is 18.3 Å². The Balaban J connectivity index is 2.42. The molecule has 2 rings (SSSR count). The van der Waals surface area contributed by atoms with Gasteiger partial charge in [-0.15, -0.1) is 0 Å². The molecule has 2 aromatic rings. The van der Waals surface area contributed by atoms with Crippen molar-refractivity contribution in [3.8, 4) is 5.75 Å². The summed E-state index contributed by atoms with van der Waals surface area (Å²) in [6.45, 7) is 7.28. The molecule has 1 atom stereocenters. The Morgan fingerprint density at radius 3 is 2.73 bits per heavy atom. The second kappa shape index (κ2) is 7.45. The number of hydrogen-bond acceptors (Lipinski definition) is 4. The summed E-state index contributed by atoms with van der Waals surface area (Å²) >= 11 is 0. The van der Waals surface area contributed by atoms with E-state index in [1.807, 2.05) is 24.4 Å². The molecule has 1 aromatic carbocycles. The molecule has 0 aliphatic heterocycles. The molecule has 0 radical (unpaired) electrons. The van der Waals surface area contributed by atoms with Crippen molar-refractivity contribution in [2.45, 2.75) is 39.7 Å². The first-order valence-electron chi connectivity index (χ1n) is 7.96. The Hall–Kier alpha value is -1.81. The van der Waals surface area contributed by atoms with E-state index in [0.29, 0.717) is 12.0 Å². The first-order chi connectivity index (χ1) is 10.6. The SMILES string of the molecule is COc1cc(N[C@H](CCCN)C(C)C)c2nccc(C)c2c1. The van der Waals surface area contributed by atoms with Gasteiger partial charge in [-0.2, -0.15) is 0 Å². The van der Waals surface area contributed by atoms with Crippen molar-refractivity contribution in [2.75, 3.05) is 19.0 Å². The number of ether oxygens (including phenoxy) is 1. The van der Waals surface area contributed by atoms with Crippen molar-refractivity contribution < 1.29 is 4.74 Å². The largest absolute Gasteiger partial charge is 0.497 e. The van der Waals surface area contributed by atoms with E-state index in [9.17, 15) is 0 Å². The number of aromatic nitrogens is 1. The zero-order valence-corrected chi connectivity index (χ0v) is 14.0. The van der Waals surface area contributed by atoms with E-state index in [1.165, 1.54) is 5.56 Å². The van der Waals surface area contributed by atoms with Crippen LogP contribution >= 0.6 is 0 Å². The van der Waals surface area contributed by atoms with E-state index in [2.05, 4.69) is 31.1 Å². The van der Waals surface area contributed by atoms with Crippen molar-refractivity contribution in [1.29, 1.82) is 0 Å². The smallest absolute Gasteiger partial charge is 0.121 e. The van der Waals surface area contributed by atoms with Crippen molar-refractivity contribution in [3.63, 3.8) is 0 Å². The van der Waals surface area contributed by atoms with Crippen LogP contribution in [0.4, 0.5) is 5.69 Å². The highest BCUT2D eigenvalue weighted by molar-refractivity contribution is 5.94. The number of methoxy groups -OCH3 is 1. The van der Waals surface area contributed by atoms with Crippen molar-refractivity contribution in [1.82, 2.24) is 4.98 Å². The molecule has 0 saturated carbocycles. The maximum absolute atomic E-state index is 5.67. The van der Waals surface area contributed by atoms with E-state index in [4.69, 9.17) is 10.5 Å². The number of nitrogens with one attached hydrogen (secondary N) is 1. The van der Waals surface area contributed by atoms with Gasteiger partial charge in [-0.1, -0.05) is 13.8 Å². The molecule has 0 aliphatic carbocycles. The van der Waals surface area contributed by atoms with E-state index in [0.717, 1.165) is 41.7 Å². The molecule has 0 spiro atoms. The summed E-state index contributed by atoms with van der Waals surface area (Å²) in [5.41, 5.74) is 8.91. The molecule has 4 nitrogen and oxygen atoms in total. The van der Waals surface area contributed by atoms with Crippen LogP contribution in [0, 0.1) is 12.8 Å². The number of benzene rings is 1. The highest BCUT2D eigenvalue weighted by Crippen LogP contribution is 2.31. The van der Waals surface area contributed by atoms with Crippen molar-refractivity contribution in [2.24, 2.45) is 11.7 Å². The van der Waals surface area contributed by atoms with Crippen LogP contribution in [0.15, 0.2) is 24.4 Å². The molecule has 3 N–H and O–H groups in total. The number of fused-ring (bicyclic) bond motifs is 1. The standard InChI is InChI=1S/C18H27N3O/c1-12(2)16(6-5-8-19)21-17-11-14(22-4)10-15-13(3)7-9-20-18(15)17/h7,9-12,16,21H,5-6,8,19H2,1-4H3/t16-/m1/s1. The van der Waals surface area contributed by atoms with Gasteiger partial charge in [0.25, 0.3) is 0 Å². The molecule has 0 amide bonds. The van der Waals surface area contributed by atoms with Gasteiger partial charge in [0.2, 0.25) is 0 Å². The maximum atomic E-state index is 5.67. The summed E-state index contributed by atoms with van der Waals surface area (Å²) in [5.74, 6) is 1.38. The number of hydrogen-bond donors (Lipinski definition) is 2. The molecule has 0 fully saturated rings. The molecular formula is C18H27N3O. The third kappa shape index (κ3) is 3.69. The average molecular weight is 301 g/mol. The fourth-order valence-corrected chi connectivity index (χ4v) is 2.70. The van der Waals surface area contributed by atoms with Gasteiger partial charge in [0.1, 0.15) is 5.75 Å². The molecule has 22 heavy (non-hydrogen) atoms. The number of anilines is 1. The zero-order chi connectivity index (χ0) is 16.1. The first kappa shape index (κ1) is 16.6. The Kier molecular flexibility index (Phi) is 5.61. The molecule has 4 heteroatoms. The molecule has 0 saturated heterocycles. The minimum atomic E-state index is 0.376. The highest BCUT2D eigenvalue weighted by Gasteiger charge is 2.16. The summed E-state index contributed by atoms with van der Waals surface area (Å²) < 4.78 is 5.45. The van der Waals surface area contributed by atoms with E-state index < -0.39 is 0 Å². The molecule has 0 unspecified atom stereocenters. The van der Waals surface area contributed by atoms with Crippen LogP contribution in [0.2, 0.25) is 0 Å². The number of pyridine rings is 1. The minimum Gasteiger partial charge on any atom is -0.497 e. The summed E-state index contributed by atoms with van der Waals surface area (Å²) in [5, 5.41) is 4.79. The number of nitrogens with zero attached hydrogens (tertiary/aromatic N) is 1. The Morgan fingerprint density at radius 1 is 1.32 bits per heavy atom. The van der Waals surface area contributed by atoms with Crippen LogP contribution in [-0.2, 0) is 0 Å². The summed E-state index contributed by atoms with van der Waals surface area (Å²) in [6, 6.07) is 6.49. The first-order valence-corrected chi connectivity index (χ1v) is 7.96. The van der Waals surface area contributed by atoms with Crippen LogP contribution in [-0.4, -0.2) is 24.7 Å². The highest BCUT2D eigenvalue weighted by atomic mass is 16.5. The minimum absolute atomic E-state index is 0.376. The molecule has 0 aliphatic rings. The normalized spacial score (nSPS) is 12.6. The fraction of sp³-hybridized carbons (Fsp3) is 0.500. The van der Waals surface area contributed by atoms with Gasteiger partial charge >= 0.3 is 0 Å². The van der Waals surface area contributed by atoms with E-state index >= 15 is 0 Å². The van der Waals surface area contributed by atoms with Crippen LogP contribution in [0.5, 0.6) is 5.75 Å². The number of aryl methyl sites for hydroxylation is 1. The van der Waals surface area contributed by atoms with Gasteiger partial charge in [-0.25, -0.2) is 0 Å². The fourth-order valence-electron chi connectivity index (χ4n) is 2.70. The van der Waals surface area contributed by atoms with Crippen LogP contribution in [0.3, 0.4) is 0 Å². The molecule has 1 heterocycles. The Labute approximate surface area is 133 Å². The second-order valence-corrected chi connectivity index (χ2v) is 6.12. The van der Waals surface area contributed by atoms with Crippen molar-refractivity contribution >= 4 is 16.6 Å². The third-order valence-electron chi connectivity index (χ3n) is 4.14. The van der Waals surface area contributed by atoms with Crippen molar-refractivity contribution in [3.05, 3.63) is 30.0 Å². The lowest BCUT2D eigenvalue weighted by atomic mass is 9.98. The lowest BCUT2D eigenvalue weighted by Gasteiger charge is -2.24. The van der Waals surface area contributed by atoms with Gasteiger partial charge in [-0.3, -0.25) is 4.98 Å². The quantitative estimate of drug-likeness (QED) is 0.818. The number of rotatable bonds is 7. The average Bonchev–Trinajstić information content (AvgIpc) is 2.51. The van der Waals surface area contributed by atoms with Gasteiger partial charge in [0.15, 0.2) is 0 Å². The van der Waals surface area contributed by atoms with Crippen LogP contribution < -0.4 is 15.8 Å². The summed E-state index contributed by atoms with van der Waals surface area (Å²) in [6.07, 6.45) is 3.93. The maximum Gasteiger partial charge on any atom is 0.121 e. The number of nitrogens with two attached hydrogens (primary N) is 1. The van der Waals surface area contributed by atoms with E-state index in [1.54, 1.807) is 7.11 Å². The summed E-state index contributed by atoms with van der Waals surface area (Å²) in [7, 11) is 1.70. The van der Waals surface area contributed by atoms with E-state index in [-0.39, 0.29) is 0 Å². The predicted molar refractivity (Wildman–Crippen MR) is 93.6 cm³/mol. The Morgan fingerprint density at radius 2 is 2.09 bits per heavy atom. The lowest BCUT2D eigenvalue weighted by molar-refractivity contribution is 0.415. The van der Waals surface area contributed by atoms with Gasteiger partial charge < -0.3 is 15.8 Å². The molecule has 0 bridgehead atoms. The predicted octanol–water partition coefficient (Wildman–Crippen LogP) is 3.73. The van der Waals surface area contributed by atoms with Crippen LogP contribution in [0.1, 0.15) is 32.3 Å². The monoisotopic (exact) mass is 301 g/mol. The van der Waals surface area contributed by atoms with Crippen LogP contribution in [0.25, 0.3) is 10.9 Å². The molecule has 1 aromatic heterocycles. The molecular weight excluding hydrogens is 274 g/mol. The third-order valence-corrected chi connectivity index (χ3v) is 4.14. The topological polar surface area (TPSA) is 60.2 Å². The second-order valence-electron chi connectivity index (χ2n) is 6.12. The van der Waals surface area contributed by atoms with Gasteiger partial charge in [0, 0.05) is 23.7 Å². The Bertz CT molecular complexity index is 625. The summed E-state index contributed by atoms with van der Waals surface area (Å²) in [4.78, 5) is 4.57. The lowest BCUT2D eigenvalue weighted by Crippen LogP contribution is -2.26. The zero-order valence-electron chi connectivity index (χ0n) is 14.0. The molecule has 120 valence electrons. The van der Waals surface area contributed by atoms with Gasteiger partial charge in [-0.05, 0) is 49.9 Å².